The molecule has 0 N–H and O–H groups in total. The van der Waals surface area contributed by atoms with E-state index in [9.17, 15) is 4.79 Å². The zero-order valence-corrected chi connectivity index (χ0v) is 14.3. The second-order valence-corrected chi connectivity index (χ2v) is 5.85. The molecule has 0 atom stereocenters. The Balaban J connectivity index is 1.88. The molecule has 5 nitrogen and oxygen atoms in total. The minimum atomic E-state index is -0.357. The summed E-state index contributed by atoms with van der Waals surface area (Å²) < 4.78 is 1.34. The Kier molecular flexibility index (Phi) is 5.26. The van der Waals surface area contributed by atoms with Gasteiger partial charge < -0.3 is 0 Å². The second-order valence-electron chi connectivity index (χ2n) is 5.48. The van der Waals surface area contributed by atoms with Crippen molar-refractivity contribution in [3.63, 3.8) is 0 Å². The summed E-state index contributed by atoms with van der Waals surface area (Å²) in [7, 11) is 0. The molecule has 0 fully saturated rings. The summed E-state index contributed by atoms with van der Waals surface area (Å²) in [4.78, 5) is 12.5. The van der Waals surface area contributed by atoms with Crippen LogP contribution in [0.3, 0.4) is 0 Å². The summed E-state index contributed by atoms with van der Waals surface area (Å²) in [6.45, 7) is 4.39. The quantitative estimate of drug-likeness (QED) is 0.503. The first kappa shape index (κ1) is 16.9. The average Bonchev–Trinajstić information content (AvgIpc) is 2.66. The molecule has 1 heterocycles. The van der Waals surface area contributed by atoms with E-state index in [1.807, 2.05) is 60.7 Å². The highest BCUT2D eigenvalue weighted by Gasteiger charge is 2.15. The molecular formula is C19H17ClN4O. The smallest absolute Gasteiger partial charge is 0.266 e. The lowest BCUT2D eigenvalue weighted by Crippen LogP contribution is -2.27. The maximum Gasteiger partial charge on any atom is 0.288 e. The molecule has 3 rings (SSSR count). The van der Waals surface area contributed by atoms with Gasteiger partial charge in [0.15, 0.2) is 0 Å². The summed E-state index contributed by atoms with van der Waals surface area (Å²) in [6, 6.07) is 19.4. The van der Waals surface area contributed by atoms with Gasteiger partial charge in [-0.3, -0.25) is 9.80 Å². The molecule has 25 heavy (non-hydrogen) atoms. The van der Waals surface area contributed by atoms with Crippen LogP contribution in [0, 0.1) is 0 Å². The molecule has 0 radical (unpaired) electrons. The molecule has 0 amide bonds. The van der Waals surface area contributed by atoms with Crippen molar-refractivity contribution in [2.45, 2.75) is 13.1 Å². The Bertz CT molecular complexity index is 910. The molecule has 2 aromatic carbocycles. The number of rotatable bonds is 6. The average molecular weight is 353 g/mol. The van der Waals surface area contributed by atoms with E-state index in [4.69, 9.17) is 11.6 Å². The highest BCUT2D eigenvalue weighted by Crippen LogP contribution is 2.23. The first-order chi connectivity index (χ1) is 12.2. The van der Waals surface area contributed by atoms with Crippen LogP contribution in [-0.2, 0) is 13.1 Å². The topological polar surface area (TPSA) is 50.5 Å². The summed E-state index contributed by atoms with van der Waals surface area (Å²) >= 11 is 6.30. The van der Waals surface area contributed by atoms with Crippen LogP contribution in [0.1, 0.15) is 11.1 Å². The monoisotopic (exact) mass is 352 g/mol. The number of hydrogen-bond donors (Lipinski definition) is 0. The van der Waals surface area contributed by atoms with Crippen LogP contribution in [0.4, 0.5) is 5.69 Å². The van der Waals surface area contributed by atoms with Gasteiger partial charge >= 0.3 is 0 Å². The van der Waals surface area contributed by atoms with Crippen LogP contribution in [-0.4, -0.2) is 16.5 Å². The third-order valence-electron chi connectivity index (χ3n) is 3.77. The van der Waals surface area contributed by atoms with Gasteiger partial charge in [0, 0.05) is 6.72 Å². The van der Waals surface area contributed by atoms with Crippen LogP contribution in [0.25, 0.3) is 0 Å². The van der Waals surface area contributed by atoms with Crippen molar-refractivity contribution in [1.82, 2.24) is 9.78 Å². The largest absolute Gasteiger partial charge is 0.288 e. The summed E-state index contributed by atoms with van der Waals surface area (Å²) in [5, 5.41) is 9.86. The van der Waals surface area contributed by atoms with Crippen LogP contribution in [0.5, 0.6) is 0 Å². The molecule has 0 spiro atoms. The summed E-state index contributed by atoms with van der Waals surface area (Å²) in [5.74, 6) is 0. The summed E-state index contributed by atoms with van der Waals surface area (Å²) in [5.41, 5.74) is 2.09. The number of hydrazone groups is 1. The van der Waals surface area contributed by atoms with Crippen molar-refractivity contribution in [2.24, 2.45) is 5.10 Å². The highest BCUT2D eigenvalue weighted by atomic mass is 35.5. The maximum atomic E-state index is 12.5. The number of aromatic nitrogens is 2. The van der Waals surface area contributed by atoms with Gasteiger partial charge in [-0.1, -0.05) is 72.3 Å². The first-order valence-electron chi connectivity index (χ1n) is 7.76. The van der Waals surface area contributed by atoms with E-state index >= 15 is 0 Å². The molecule has 0 saturated carbocycles. The third kappa shape index (κ3) is 3.95. The predicted molar refractivity (Wildman–Crippen MR) is 101 cm³/mol. The third-order valence-corrected chi connectivity index (χ3v) is 4.12. The number of hydrogen-bond acceptors (Lipinski definition) is 4. The Morgan fingerprint density at radius 3 is 2.24 bits per heavy atom. The van der Waals surface area contributed by atoms with Gasteiger partial charge in [0.2, 0.25) is 0 Å². The molecule has 0 aliphatic carbocycles. The molecule has 0 unspecified atom stereocenters. The van der Waals surface area contributed by atoms with Crippen molar-refractivity contribution in [1.29, 1.82) is 0 Å². The normalized spacial score (nSPS) is 10.4. The number of nitrogens with zero attached hydrogens (tertiary/aromatic N) is 4. The van der Waals surface area contributed by atoms with Gasteiger partial charge in [-0.05, 0) is 11.1 Å². The van der Waals surface area contributed by atoms with Crippen LogP contribution in [0.2, 0.25) is 5.02 Å². The minimum absolute atomic E-state index is 0.0780. The lowest BCUT2D eigenvalue weighted by molar-refractivity contribution is 0.636. The maximum absolute atomic E-state index is 12.5. The van der Waals surface area contributed by atoms with Gasteiger partial charge in [-0.2, -0.15) is 10.2 Å². The molecule has 3 aromatic rings. The predicted octanol–water partition coefficient (Wildman–Crippen LogP) is 3.57. The van der Waals surface area contributed by atoms with Gasteiger partial charge in [0.05, 0.1) is 19.3 Å². The van der Waals surface area contributed by atoms with Gasteiger partial charge in [0.25, 0.3) is 5.56 Å². The highest BCUT2D eigenvalue weighted by molar-refractivity contribution is 6.33. The Labute approximate surface area is 150 Å². The summed E-state index contributed by atoms with van der Waals surface area (Å²) in [6.07, 6.45) is 1.55. The molecular weight excluding hydrogens is 336 g/mol. The number of benzene rings is 2. The standard InChI is InChI=1S/C19H17ClN4O/c1-21-23(13-15-8-4-2-5-9-15)17-12-22-24(19(25)18(17)20)14-16-10-6-3-7-11-16/h2-12H,1,13-14H2. The number of halogens is 1. The van der Waals surface area contributed by atoms with Crippen molar-refractivity contribution in [3.05, 3.63) is 93.4 Å². The number of anilines is 1. The molecule has 1 aromatic heterocycles. The Hall–Kier alpha value is -2.92. The SMILES string of the molecule is C=NN(Cc1ccccc1)c1cnn(Cc2ccccc2)c(=O)c1Cl. The lowest BCUT2D eigenvalue weighted by Gasteiger charge is -2.19. The fourth-order valence-electron chi connectivity index (χ4n) is 2.47. The van der Waals surface area contributed by atoms with Crippen LogP contribution < -0.4 is 10.6 Å². The van der Waals surface area contributed by atoms with E-state index in [0.29, 0.717) is 18.8 Å². The van der Waals surface area contributed by atoms with Gasteiger partial charge in [-0.15, -0.1) is 0 Å². The van der Waals surface area contributed by atoms with Crippen LogP contribution in [0.15, 0.2) is 76.8 Å². The molecule has 0 saturated heterocycles. The van der Waals surface area contributed by atoms with E-state index in [-0.39, 0.29) is 10.6 Å². The van der Waals surface area contributed by atoms with Crippen molar-refractivity contribution < 1.29 is 0 Å². The molecule has 6 heteroatoms. The van der Waals surface area contributed by atoms with Crippen molar-refractivity contribution in [2.75, 3.05) is 5.01 Å². The zero-order chi connectivity index (χ0) is 17.6. The van der Waals surface area contributed by atoms with E-state index in [0.717, 1.165) is 11.1 Å². The van der Waals surface area contributed by atoms with Crippen molar-refractivity contribution in [3.8, 4) is 0 Å². The fourth-order valence-corrected chi connectivity index (χ4v) is 2.72. The first-order valence-corrected chi connectivity index (χ1v) is 8.14. The lowest BCUT2D eigenvalue weighted by atomic mass is 10.2. The minimum Gasteiger partial charge on any atom is -0.266 e. The van der Waals surface area contributed by atoms with E-state index in [1.165, 1.54) is 4.68 Å². The Morgan fingerprint density at radius 2 is 1.64 bits per heavy atom. The van der Waals surface area contributed by atoms with E-state index < -0.39 is 0 Å². The zero-order valence-electron chi connectivity index (χ0n) is 13.5. The van der Waals surface area contributed by atoms with Gasteiger partial charge in [0.1, 0.15) is 10.7 Å². The van der Waals surface area contributed by atoms with Gasteiger partial charge in [-0.25, -0.2) is 4.68 Å². The van der Waals surface area contributed by atoms with E-state index in [1.54, 1.807) is 11.2 Å². The molecule has 0 aliphatic rings. The Morgan fingerprint density at radius 1 is 1.04 bits per heavy atom. The molecule has 0 aliphatic heterocycles. The second kappa shape index (κ2) is 7.77. The van der Waals surface area contributed by atoms with E-state index in [2.05, 4.69) is 16.9 Å². The fraction of sp³-hybridized carbons (Fsp3) is 0.105. The van der Waals surface area contributed by atoms with Crippen molar-refractivity contribution >= 4 is 24.0 Å². The molecule has 0 bridgehead atoms. The van der Waals surface area contributed by atoms with Crippen LogP contribution >= 0.6 is 11.6 Å². The molecule has 126 valence electrons.